The van der Waals surface area contributed by atoms with Crippen molar-refractivity contribution in [3.63, 3.8) is 0 Å². The lowest BCUT2D eigenvalue weighted by atomic mass is 9.95. The van der Waals surface area contributed by atoms with Gasteiger partial charge in [0.25, 0.3) is 0 Å². The average molecular weight is 276 g/mol. The minimum Gasteiger partial charge on any atom is -0.380 e. The molecule has 0 radical (unpaired) electrons. The molecule has 3 atom stereocenters. The van der Waals surface area contributed by atoms with Crippen molar-refractivity contribution in [2.75, 3.05) is 26.7 Å². The van der Waals surface area contributed by atoms with Gasteiger partial charge in [-0.2, -0.15) is 0 Å². The zero-order valence-electron chi connectivity index (χ0n) is 13.2. The summed E-state index contributed by atoms with van der Waals surface area (Å²) in [6, 6.07) is 11.8. The van der Waals surface area contributed by atoms with E-state index < -0.39 is 0 Å². The van der Waals surface area contributed by atoms with Crippen molar-refractivity contribution < 1.29 is 4.74 Å². The molecule has 1 saturated heterocycles. The van der Waals surface area contributed by atoms with E-state index in [1.165, 1.54) is 5.56 Å². The van der Waals surface area contributed by atoms with E-state index in [0.29, 0.717) is 18.0 Å². The first-order chi connectivity index (χ1) is 9.61. The molecule has 1 N–H and O–H groups in total. The van der Waals surface area contributed by atoms with Gasteiger partial charge in [-0.15, -0.1) is 0 Å². The standard InChI is InChI=1S/C17H28N2O/c1-13(2)16-12-19(11-14(3)20-4)17(10-18-16)15-8-6-5-7-9-15/h5-9,13-14,16-18H,10-12H2,1-4H3. The first kappa shape index (κ1) is 15.5. The molecular weight excluding hydrogens is 248 g/mol. The molecule has 0 amide bonds. The summed E-state index contributed by atoms with van der Waals surface area (Å²) in [6.07, 6.45) is 0.270. The highest BCUT2D eigenvalue weighted by molar-refractivity contribution is 5.20. The molecule has 1 aliphatic rings. The molecule has 2 rings (SSSR count). The van der Waals surface area contributed by atoms with E-state index in [9.17, 15) is 0 Å². The zero-order valence-corrected chi connectivity index (χ0v) is 13.2. The Kier molecular flexibility index (Phi) is 5.58. The Labute approximate surface area is 123 Å². The van der Waals surface area contributed by atoms with Gasteiger partial charge in [0.05, 0.1) is 6.10 Å². The van der Waals surface area contributed by atoms with Crippen molar-refractivity contribution in [3.8, 4) is 0 Å². The van der Waals surface area contributed by atoms with Gasteiger partial charge in [-0.05, 0) is 18.4 Å². The molecule has 1 fully saturated rings. The third kappa shape index (κ3) is 3.81. The third-order valence-electron chi connectivity index (χ3n) is 4.33. The number of hydrogen-bond acceptors (Lipinski definition) is 3. The lowest BCUT2D eigenvalue weighted by Gasteiger charge is -2.43. The second kappa shape index (κ2) is 7.21. The number of nitrogens with one attached hydrogen (secondary N) is 1. The van der Waals surface area contributed by atoms with E-state index in [-0.39, 0.29) is 6.10 Å². The van der Waals surface area contributed by atoms with E-state index in [4.69, 9.17) is 4.74 Å². The van der Waals surface area contributed by atoms with Crippen LogP contribution in [0.3, 0.4) is 0 Å². The van der Waals surface area contributed by atoms with Crippen molar-refractivity contribution in [1.29, 1.82) is 0 Å². The van der Waals surface area contributed by atoms with Gasteiger partial charge in [0.15, 0.2) is 0 Å². The largest absolute Gasteiger partial charge is 0.380 e. The second-order valence-corrected chi connectivity index (χ2v) is 6.19. The van der Waals surface area contributed by atoms with Crippen LogP contribution >= 0.6 is 0 Å². The summed E-state index contributed by atoms with van der Waals surface area (Å²) >= 11 is 0. The van der Waals surface area contributed by atoms with Crippen molar-refractivity contribution in [3.05, 3.63) is 35.9 Å². The summed E-state index contributed by atoms with van der Waals surface area (Å²) in [7, 11) is 1.80. The molecule has 1 aromatic carbocycles. The van der Waals surface area contributed by atoms with Crippen LogP contribution in [0.25, 0.3) is 0 Å². The molecule has 112 valence electrons. The Bertz CT molecular complexity index is 393. The molecule has 20 heavy (non-hydrogen) atoms. The second-order valence-electron chi connectivity index (χ2n) is 6.19. The van der Waals surface area contributed by atoms with Crippen LogP contribution in [0.5, 0.6) is 0 Å². The van der Waals surface area contributed by atoms with Crippen LogP contribution in [0.2, 0.25) is 0 Å². The summed E-state index contributed by atoms with van der Waals surface area (Å²) < 4.78 is 5.47. The molecule has 3 nitrogen and oxygen atoms in total. The summed E-state index contributed by atoms with van der Waals surface area (Å²) in [5.74, 6) is 0.659. The van der Waals surface area contributed by atoms with Gasteiger partial charge in [-0.25, -0.2) is 0 Å². The first-order valence-electron chi connectivity index (χ1n) is 7.67. The van der Waals surface area contributed by atoms with Crippen LogP contribution < -0.4 is 5.32 Å². The van der Waals surface area contributed by atoms with Gasteiger partial charge < -0.3 is 10.1 Å². The van der Waals surface area contributed by atoms with Crippen LogP contribution in [0.15, 0.2) is 30.3 Å². The maximum absolute atomic E-state index is 5.47. The first-order valence-corrected chi connectivity index (χ1v) is 7.67. The van der Waals surface area contributed by atoms with Crippen LogP contribution in [0.1, 0.15) is 32.4 Å². The van der Waals surface area contributed by atoms with E-state index in [0.717, 1.165) is 19.6 Å². The molecule has 0 bridgehead atoms. The molecule has 0 saturated carbocycles. The van der Waals surface area contributed by atoms with E-state index in [1.54, 1.807) is 7.11 Å². The number of piperazine rings is 1. The van der Waals surface area contributed by atoms with Gasteiger partial charge in [-0.3, -0.25) is 4.90 Å². The highest BCUT2D eigenvalue weighted by atomic mass is 16.5. The van der Waals surface area contributed by atoms with Crippen LogP contribution in [-0.4, -0.2) is 43.8 Å². The molecule has 1 heterocycles. The SMILES string of the molecule is COC(C)CN1CC(C(C)C)NCC1c1ccccc1. The highest BCUT2D eigenvalue weighted by Crippen LogP contribution is 2.25. The lowest BCUT2D eigenvalue weighted by molar-refractivity contribution is 0.0353. The zero-order chi connectivity index (χ0) is 14.5. The minimum absolute atomic E-state index is 0.270. The number of hydrogen-bond donors (Lipinski definition) is 1. The fraction of sp³-hybridized carbons (Fsp3) is 0.647. The fourth-order valence-corrected chi connectivity index (χ4v) is 2.89. The normalized spacial score (nSPS) is 25.9. The van der Waals surface area contributed by atoms with E-state index in [2.05, 4.69) is 61.3 Å². The molecule has 1 aliphatic heterocycles. The Hall–Kier alpha value is -0.900. The Morgan fingerprint density at radius 3 is 2.55 bits per heavy atom. The molecule has 0 spiro atoms. The third-order valence-corrected chi connectivity index (χ3v) is 4.33. The highest BCUT2D eigenvalue weighted by Gasteiger charge is 2.30. The maximum Gasteiger partial charge on any atom is 0.0670 e. The fourth-order valence-electron chi connectivity index (χ4n) is 2.89. The van der Waals surface area contributed by atoms with Gasteiger partial charge in [0.2, 0.25) is 0 Å². The summed E-state index contributed by atoms with van der Waals surface area (Å²) in [6.45, 7) is 9.82. The van der Waals surface area contributed by atoms with E-state index in [1.807, 2.05) is 0 Å². The molecule has 0 aliphatic carbocycles. The predicted octanol–water partition coefficient (Wildman–Crippen LogP) is 2.69. The van der Waals surface area contributed by atoms with Crippen molar-refractivity contribution in [2.45, 2.75) is 39.0 Å². The molecule has 0 aromatic heterocycles. The quantitative estimate of drug-likeness (QED) is 0.895. The molecule has 3 unspecified atom stereocenters. The van der Waals surface area contributed by atoms with Crippen molar-refractivity contribution in [2.24, 2.45) is 5.92 Å². The Balaban J connectivity index is 2.12. The predicted molar refractivity (Wildman–Crippen MR) is 83.9 cm³/mol. The van der Waals surface area contributed by atoms with Gasteiger partial charge in [0.1, 0.15) is 0 Å². The van der Waals surface area contributed by atoms with Crippen molar-refractivity contribution in [1.82, 2.24) is 10.2 Å². The molecular formula is C17H28N2O. The van der Waals surface area contributed by atoms with Gasteiger partial charge in [0, 0.05) is 38.8 Å². The van der Waals surface area contributed by atoms with E-state index >= 15 is 0 Å². The summed E-state index contributed by atoms with van der Waals surface area (Å²) in [4.78, 5) is 2.57. The maximum atomic E-state index is 5.47. The average Bonchev–Trinajstić information content (AvgIpc) is 2.47. The number of ether oxygens (including phenoxy) is 1. The van der Waals surface area contributed by atoms with Crippen LogP contribution in [0, 0.1) is 5.92 Å². The number of rotatable bonds is 5. The number of methoxy groups -OCH3 is 1. The minimum atomic E-state index is 0.270. The number of nitrogens with zero attached hydrogens (tertiary/aromatic N) is 1. The summed E-state index contributed by atoms with van der Waals surface area (Å²) in [5, 5.41) is 3.71. The van der Waals surface area contributed by atoms with Crippen LogP contribution in [-0.2, 0) is 4.74 Å². The Morgan fingerprint density at radius 1 is 1.25 bits per heavy atom. The van der Waals surface area contributed by atoms with Gasteiger partial charge in [-0.1, -0.05) is 44.2 Å². The smallest absolute Gasteiger partial charge is 0.0670 e. The molecule has 3 heteroatoms. The molecule has 1 aromatic rings. The summed E-state index contributed by atoms with van der Waals surface area (Å²) in [5.41, 5.74) is 1.39. The topological polar surface area (TPSA) is 24.5 Å². The Morgan fingerprint density at radius 2 is 1.95 bits per heavy atom. The number of benzene rings is 1. The van der Waals surface area contributed by atoms with Crippen molar-refractivity contribution >= 4 is 0 Å². The lowest BCUT2D eigenvalue weighted by Crippen LogP contribution is -2.55. The van der Waals surface area contributed by atoms with Crippen LogP contribution in [0.4, 0.5) is 0 Å². The monoisotopic (exact) mass is 276 g/mol. The van der Waals surface area contributed by atoms with Gasteiger partial charge >= 0.3 is 0 Å².